The van der Waals surface area contributed by atoms with Gasteiger partial charge in [0.2, 0.25) is 5.91 Å². The molecular formula is C25H21N5OS2. The van der Waals surface area contributed by atoms with E-state index in [1.54, 1.807) is 11.3 Å². The molecule has 0 saturated heterocycles. The van der Waals surface area contributed by atoms with E-state index in [9.17, 15) is 4.79 Å². The van der Waals surface area contributed by atoms with Gasteiger partial charge in [-0.2, -0.15) is 0 Å². The lowest BCUT2D eigenvalue weighted by atomic mass is 10.1. The molecule has 0 radical (unpaired) electrons. The molecular weight excluding hydrogens is 450 g/mol. The highest BCUT2D eigenvalue weighted by Crippen LogP contribution is 2.31. The van der Waals surface area contributed by atoms with Gasteiger partial charge in [0.05, 0.1) is 21.8 Å². The Morgan fingerprint density at radius 2 is 1.85 bits per heavy atom. The van der Waals surface area contributed by atoms with Crippen molar-refractivity contribution in [3.05, 3.63) is 83.4 Å². The van der Waals surface area contributed by atoms with Crippen LogP contribution in [-0.2, 0) is 4.79 Å². The minimum Gasteiger partial charge on any atom is -0.325 e. The monoisotopic (exact) mass is 471 g/mol. The summed E-state index contributed by atoms with van der Waals surface area (Å²) < 4.78 is 2.01. The molecule has 0 atom stereocenters. The Labute approximate surface area is 199 Å². The van der Waals surface area contributed by atoms with Gasteiger partial charge in [0.1, 0.15) is 0 Å². The maximum absolute atomic E-state index is 12.9. The molecule has 0 aliphatic heterocycles. The number of anilines is 1. The number of fused-ring (bicyclic) bond motifs is 1. The standard InChI is InChI=1S/C25H21N5OS2/c1-16-9-11-18(12-10-16)30-24(22-8-5-13-32-22)28-29-25(30)33-15-23(31)27-21-14-17(2)26-20-7-4-3-6-19(20)21/h3-14H,15H2,1-2H3,(H,26,27,31). The molecule has 5 aromatic rings. The van der Waals surface area contributed by atoms with Crippen LogP contribution in [0.15, 0.2) is 77.3 Å². The Bertz CT molecular complexity index is 1430. The van der Waals surface area contributed by atoms with E-state index in [0.717, 1.165) is 38.7 Å². The number of aryl methyl sites for hydroxylation is 2. The van der Waals surface area contributed by atoms with Crippen LogP contribution >= 0.6 is 23.1 Å². The predicted molar refractivity (Wildman–Crippen MR) is 135 cm³/mol. The Morgan fingerprint density at radius 1 is 1.03 bits per heavy atom. The number of amides is 1. The first kappa shape index (κ1) is 21.4. The average molecular weight is 472 g/mol. The lowest BCUT2D eigenvalue weighted by molar-refractivity contribution is -0.113. The number of carbonyl (C=O) groups excluding carboxylic acids is 1. The van der Waals surface area contributed by atoms with E-state index in [1.807, 2.05) is 71.5 Å². The van der Waals surface area contributed by atoms with Gasteiger partial charge in [-0.25, -0.2) is 0 Å². The fourth-order valence-electron chi connectivity index (χ4n) is 3.58. The predicted octanol–water partition coefficient (Wildman–Crippen LogP) is 5.89. The highest BCUT2D eigenvalue weighted by molar-refractivity contribution is 7.99. The van der Waals surface area contributed by atoms with Gasteiger partial charge in [0.15, 0.2) is 11.0 Å². The van der Waals surface area contributed by atoms with Gasteiger partial charge in [-0.1, -0.05) is 53.7 Å². The van der Waals surface area contributed by atoms with E-state index in [2.05, 4.69) is 39.6 Å². The summed E-state index contributed by atoms with van der Waals surface area (Å²) in [6, 6.07) is 21.9. The van der Waals surface area contributed by atoms with E-state index >= 15 is 0 Å². The van der Waals surface area contributed by atoms with Gasteiger partial charge >= 0.3 is 0 Å². The number of aromatic nitrogens is 4. The van der Waals surface area contributed by atoms with Crippen molar-refractivity contribution < 1.29 is 4.79 Å². The number of thioether (sulfide) groups is 1. The van der Waals surface area contributed by atoms with Crippen LogP contribution in [0.4, 0.5) is 5.69 Å². The topological polar surface area (TPSA) is 72.7 Å². The van der Waals surface area contributed by atoms with Crippen LogP contribution in [0, 0.1) is 13.8 Å². The van der Waals surface area contributed by atoms with E-state index < -0.39 is 0 Å². The van der Waals surface area contributed by atoms with Crippen LogP contribution in [0.25, 0.3) is 27.3 Å². The molecule has 3 heterocycles. The molecule has 6 nitrogen and oxygen atoms in total. The highest BCUT2D eigenvalue weighted by atomic mass is 32.2. The normalized spacial score (nSPS) is 11.1. The van der Waals surface area contributed by atoms with E-state index in [4.69, 9.17) is 0 Å². The minimum atomic E-state index is -0.105. The zero-order chi connectivity index (χ0) is 22.8. The quantitative estimate of drug-likeness (QED) is 0.313. The molecule has 8 heteroatoms. The first-order chi connectivity index (χ1) is 16.1. The first-order valence-electron chi connectivity index (χ1n) is 10.4. The summed E-state index contributed by atoms with van der Waals surface area (Å²) in [6.07, 6.45) is 0. The number of hydrogen-bond donors (Lipinski definition) is 1. The second kappa shape index (κ2) is 9.17. The molecule has 33 heavy (non-hydrogen) atoms. The fourth-order valence-corrected chi connectivity index (χ4v) is 5.03. The summed E-state index contributed by atoms with van der Waals surface area (Å²) in [5.74, 6) is 0.879. The highest BCUT2D eigenvalue weighted by Gasteiger charge is 2.18. The molecule has 0 aliphatic rings. The fraction of sp³-hybridized carbons (Fsp3) is 0.120. The van der Waals surface area contributed by atoms with Crippen LogP contribution in [0.1, 0.15) is 11.3 Å². The van der Waals surface area contributed by atoms with Crippen molar-refractivity contribution >= 4 is 45.6 Å². The van der Waals surface area contributed by atoms with Crippen LogP contribution in [0.5, 0.6) is 0 Å². The van der Waals surface area contributed by atoms with Crippen molar-refractivity contribution in [1.29, 1.82) is 0 Å². The molecule has 2 aromatic carbocycles. The zero-order valence-corrected chi connectivity index (χ0v) is 19.8. The third kappa shape index (κ3) is 4.53. The van der Waals surface area contributed by atoms with Crippen molar-refractivity contribution in [2.45, 2.75) is 19.0 Å². The maximum atomic E-state index is 12.9. The Hall–Kier alpha value is -3.49. The number of carbonyl (C=O) groups is 1. The minimum absolute atomic E-state index is 0.105. The molecule has 1 amide bonds. The van der Waals surface area contributed by atoms with Crippen molar-refractivity contribution in [3.63, 3.8) is 0 Å². The van der Waals surface area contributed by atoms with Gasteiger partial charge in [-0.3, -0.25) is 14.3 Å². The summed E-state index contributed by atoms with van der Waals surface area (Å²) in [4.78, 5) is 18.4. The SMILES string of the molecule is Cc1ccc(-n2c(SCC(=O)Nc3cc(C)nc4ccccc34)nnc2-c2cccs2)cc1. The van der Waals surface area contributed by atoms with Crippen molar-refractivity contribution in [3.8, 4) is 16.4 Å². The Kier molecular flexibility index (Phi) is 5.93. The Balaban J connectivity index is 1.40. The lowest BCUT2D eigenvalue weighted by Gasteiger charge is -2.11. The van der Waals surface area contributed by atoms with Crippen molar-refractivity contribution in [2.75, 3.05) is 11.1 Å². The molecule has 0 unspecified atom stereocenters. The lowest BCUT2D eigenvalue weighted by Crippen LogP contribution is -2.15. The summed E-state index contributed by atoms with van der Waals surface area (Å²) >= 11 is 2.98. The molecule has 0 spiro atoms. The third-order valence-electron chi connectivity index (χ3n) is 5.12. The van der Waals surface area contributed by atoms with Crippen molar-refractivity contribution in [1.82, 2.24) is 19.7 Å². The van der Waals surface area contributed by atoms with Gasteiger partial charge in [0.25, 0.3) is 0 Å². The number of rotatable bonds is 6. The molecule has 0 aliphatic carbocycles. The number of hydrogen-bond acceptors (Lipinski definition) is 6. The average Bonchev–Trinajstić information content (AvgIpc) is 3.48. The van der Waals surface area contributed by atoms with Gasteiger partial charge in [0, 0.05) is 16.8 Å². The number of thiophene rings is 1. The molecule has 3 aromatic heterocycles. The van der Waals surface area contributed by atoms with E-state index in [0.29, 0.717) is 5.16 Å². The summed E-state index contributed by atoms with van der Waals surface area (Å²) in [6.45, 7) is 3.98. The number of nitrogens with one attached hydrogen (secondary N) is 1. The molecule has 164 valence electrons. The number of benzene rings is 2. The summed E-state index contributed by atoms with van der Waals surface area (Å²) in [7, 11) is 0. The maximum Gasteiger partial charge on any atom is 0.234 e. The van der Waals surface area contributed by atoms with Crippen LogP contribution < -0.4 is 5.32 Å². The molecule has 0 saturated carbocycles. The zero-order valence-electron chi connectivity index (χ0n) is 18.1. The molecule has 0 bridgehead atoms. The second-order valence-electron chi connectivity index (χ2n) is 7.62. The number of nitrogens with zero attached hydrogens (tertiary/aromatic N) is 4. The van der Waals surface area contributed by atoms with Crippen LogP contribution in [0.2, 0.25) is 0 Å². The van der Waals surface area contributed by atoms with E-state index in [-0.39, 0.29) is 11.7 Å². The molecule has 1 N–H and O–H groups in total. The van der Waals surface area contributed by atoms with Gasteiger partial charge in [-0.05, 0) is 49.6 Å². The van der Waals surface area contributed by atoms with Crippen LogP contribution in [-0.4, -0.2) is 31.4 Å². The number of para-hydroxylation sites is 1. The second-order valence-corrected chi connectivity index (χ2v) is 9.51. The van der Waals surface area contributed by atoms with Crippen molar-refractivity contribution in [2.24, 2.45) is 0 Å². The smallest absolute Gasteiger partial charge is 0.234 e. The summed E-state index contributed by atoms with van der Waals surface area (Å²) in [5, 5.41) is 15.5. The largest absolute Gasteiger partial charge is 0.325 e. The van der Waals surface area contributed by atoms with Gasteiger partial charge in [-0.15, -0.1) is 21.5 Å². The third-order valence-corrected chi connectivity index (χ3v) is 6.91. The van der Waals surface area contributed by atoms with E-state index in [1.165, 1.54) is 17.3 Å². The Morgan fingerprint density at radius 3 is 2.64 bits per heavy atom. The number of pyridine rings is 1. The molecule has 5 rings (SSSR count). The van der Waals surface area contributed by atoms with Gasteiger partial charge < -0.3 is 5.32 Å². The summed E-state index contributed by atoms with van der Waals surface area (Å²) in [5.41, 5.74) is 4.63. The first-order valence-corrected chi connectivity index (χ1v) is 12.3. The van der Waals surface area contributed by atoms with Crippen LogP contribution in [0.3, 0.4) is 0 Å². The molecule has 0 fully saturated rings.